The predicted octanol–water partition coefficient (Wildman–Crippen LogP) is 2.91. The van der Waals surface area contributed by atoms with Crippen LogP contribution in [-0.4, -0.2) is 69.1 Å². The molecule has 3 rings (SSSR count). The topological polar surface area (TPSA) is 166 Å². The molecule has 0 fully saturated rings. The lowest BCUT2D eigenvalue weighted by Gasteiger charge is -2.28. The van der Waals surface area contributed by atoms with Gasteiger partial charge in [-0.2, -0.15) is 5.10 Å². The molecule has 0 saturated heterocycles. The summed E-state index contributed by atoms with van der Waals surface area (Å²) in [4.78, 5) is 36.2. The van der Waals surface area contributed by atoms with Crippen LogP contribution in [0.5, 0.6) is 17.2 Å². The third-order valence-electron chi connectivity index (χ3n) is 5.72. The first-order valence-electron chi connectivity index (χ1n) is 13.0. The zero-order chi connectivity index (χ0) is 30.6. The first kappa shape index (κ1) is 32.2. The number of aliphatic hydroxyl groups is 1. The Kier molecular flexibility index (Phi) is 12.0. The Labute approximate surface area is 251 Å². The number of halogens is 1. The van der Waals surface area contributed by atoms with Crippen molar-refractivity contribution in [2.75, 3.05) is 33.5 Å². The van der Waals surface area contributed by atoms with Crippen LogP contribution >= 0.6 is 15.9 Å². The van der Waals surface area contributed by atoms with Gasteiger partial charge >= 0.3 is 18.0 Å². The largest absolute Gasteiger partial charge is 0.490 e. The molecule has 0 radical (unpaired) electrons. The number of urea groups is 1. The molecule has 226 valence electrons. The summed E-state index contributed by atoms with van der Waals surface area (Å²) >= 11 is 3.38. The first-order valence-corrected chi connectivity index (χ1v) is 13.8. The van der Waals surface area contributed by atoms with Crippen molar-refractivity contribution < 1.29 is 43.2 Å². The maximum absolute atomic E-state index is 12.4. The van der Waals surface area contributed by atoms with Crippen LogP contribution in [0.3, 0.4) is 0 Å². The van der Waals surface area contributed by atoms with E-state index in [1.54, 1.807) is 57.2 Å². The van der Waals surface area contributed by atoms with Crippen LogP contribution in [0.15, 0.2) is 57.2 Å². The molecule has 0 aliphatic carbocycles. The second-order valence-corrected chi connectivity index (χ2v) is 9.61. The highest BCUT2D eigenvalue weighted by atomic mass is 79.9. The van der Waals surface area contributed by atoms with Crippen LogP contribution in [0.1, 0.15) is 37.9 Å². The van der Waals surface area contributed by atoms with Crippen molar-refractivity contribution in [2.24, 2.45) is 5.10 Å². The number of hydrazone groups is 1. The van der Waals surface area contributed by atoms with Crippen LogP contribution in [0, 0.1) is 0 Å². The summed E-state index contributed by atoms with van der Waals surface area (Å²) in [6.07, 6.45) is 0.225. The average Bonchev–Trinajstić information content (AvgIpc) is 2.95. The minimum absolute atomic E-state index is 0.196. The standard InChI is InChI=1S/C28H33BrN4O9/c1-5-39-22-12-17(26-25(27(36)38-4)16(3)31-28(37)32-26)7-9-21(22)41-14-23(34)33-30-13-18-11-19(29)8-10-20(18)42-15-24(35)40-6-2/h7-13,23,26,33-34H,5-6,14-15H2,1-4H3,(H2,31,32,37)/b30-13+/t23-,26+/m0/s1. The zero-order valence-corrected chi connectivity index (χ0v) is 25.1. The molecule has 1 aliphatic rings. The van der Waals surface area contributed by atoms with Crippen molar-refractivity contribution in [3.63, 3.8) is 0 Å². The Bertz CT molecular complexity index is 1350. The number of allylic oxidation sites excluding steroid dienone is 1. The molecule has 0 bridgehead atoms. The van der Waals surface area contributed by atoms with Gasteiger partial charge in [0, 0.05) is 15.7 Å². The summed E-state index contributed by atoms with van der Waals surface area (Å²) < 4.78 is 27.6. The van der Waals surface area contributed by atoms with Crippen LogP contribution in [-0.2, 0) is 19.1 Å². The van der Waals surface area contributed by atoms with Crippen molar-refractivity contribution in [1.29, 1.82) is 0 Å². The Morgan fingerprint density at radius 2 is 1.86 bits per heavy atom. The minimum atomic E-state index is -1.20. The summed E-state index contributed by atoms with van der Waals surface area (Å²) in [6, 6.07) is 8.86. The number of amides is 2. The van der Waals surface area contributed by atoms with E-state index in [0.29, 0.717) is 40.7 Å². The summed E-state index contributed by atoms with van der Waals surface area (Å²) in [5, 5.41) is 19.8. The zero-order valence-electron chi connectivity index (χ0n) is 23.6. The molecule has 2 amide bonds. The van der Waals surface area contributed by atoms with Crippen LogP contribution in [0.2, 0.25) is 0 Å². The molecule has 1 aliphatic heterocycles. The highest BCUT2D eigenvalue weighted by Gasteiger charge is 2.32. The second-order valence-electron chi connectivity index (χ2n) is 8.69. The van der Waals surface area contributed by atoms with E-state index < -0.39 is 30.2 Å². The Balaban J connectivity index is 1.67. The number of nitrogens with zero attached hydrogens (tertiary/aromatic N) is 1. The van der Waals surface area contributed by atoms with Crippen molar-refractivity contribution in [3.8, 4) is 17.2 Å². The number of nitrogens with one attached hydrogen (secondary N) is 3. The molecule has 0 saturated carbocycles. The van der Waals surface area contributed by atoms with E-state index in [9.17, 15) is 19.5 Å². The molecule has 0 unspecified atom stereocenters. The van der Waals surface area contributed by atoms with E-state index in [0.717, 1.165) is 4.47 Å². The monoisotopic (exact) mass is 648 g/mol. The normalized spacial score (nSPS) is 15.4. The number of ether oxygens (including phenoxy) is 5. The van der Waals surface area contributed by atoms with Gasteiger partial charge in [0.25, 0.3) is 0 Å². The number of hydrogen-bond acceptors (Lipinski definition) is 11. The summed E-state index contributed by atoms with van der Waals surface area (Å²) in [5.41, 5.74) is 4.31. The third kappa shape index (κ3) is 8.85. The van der Waals surface area contributed by atoms with Gasteiger partial charge in [-0.3, -0.25) is 5.43 Å². The molecule has 2 aromatic rings. The van der Waals surface area contributed by atoms with E-state index >= 15 is 0 Å². The molecule has 13 nitrogen and oxygen atoms in total. The molecular formula is C28H33BrN4O9. The molecule has 42 heavy (non-hydrogen) atoms. The fourth-order valence-electron chi connectivity index (χ4n) is 3.91. The summed E-state index contributed by atoms with van der Waals surface area (Å²) in [5.74, 6) is -0.0112. The second kappa shape index (κ2) is 15.6. The maximum Gasteiger partial charge on any atom is 0.344 e. The number of rotatable bonds is 14. The van der Waals surface area contributed by atoms with Gasteiger partial charge < -0.3 is 39.4 Å². The molecule has 2 aromatic carbocycles. The van der Waals surface area contributed by atoms with Crippen molar-refractivity contribution in [3.05, 3.63) is 63.3 Å². The average molecular weight is 649 g/mol. The Hall–Kier alpha value is -4.30. The number of carbonyl (C=O) groups is 3. The van der Waals surface area contributed by atoms with Crippen LogP contribution < -0.4 is 30.3 Å². The lowest BCUT2D eigenvalue weighted by molar-refractivity contribution is -0.145. The predicted molar refractivity (Wildman–Crippen MR) is 155 cm³/mol. The van der Waals surface area contributed by atoms with Crippen molar-refractivity contribution in [2.45, 2.75) is 33.0 Å². The molecule has 14 heteroatoms. The van der Waals surface area contributed by atoms with Gasteiger partial charge in [0.1, 0.15) is 12.4 Å². The molecule has 1 heterocycles. The quantitative estimate of drug-likeness (QED) is 0.104. The third-order valence-corrected chi connectivity index (χ3v) is 6.22. The Morgan fingerprint density at radius 1 is 1.10 bits per heavy atom. The van der Waals surface area contributed by atoms with Crippen molar-refractivity contribution >= 4 is 40.1 Å². The smallest absolute Gasteiger partial charge is 0.344 e. The van der Waals surface area contributed by atoms with Gasteiger partial charge in [-0.15, -0.1) is 0 Å². The van der Waals surface area contributed by atoms with E-state index in [1.165, 1.54) is 13.3 Å². The van der Waals surface area contributed by atoms with Crippen LogP contribution in [0.4, 0.5) is 4.79 Å². The lowest BCUT2D eigenvalue weighted by Crippen LogP contribution is -2.45. The summed E-state index contributed by atoms with van der Waals surface area (Å²) in [6.45, 7) is 5.23. The van der Waals surface area contributed by atoms with E-state index in [4.69, 9.17) is 23.7 Å². The number of aliphatic hydroxyl groups excluding tert-OH is 1. The van der Waals surface area contributed by atoms with E-state index in [-0.39, 0.29) is 25.4 Å². The lowest BCUT2D eigenvalue weighted by atomic mass is 9.95. The van der Waals surface area contributed by atoms with Gasteiger partial charge in [-0.05, 0) is 56.7 Å². The molecule has 0 spiro atoms. The molecule has 4 N–H and O–H groups in total. The van der Waals surface area contributed by atoms with E-state index in [1.807, 2.05) is 0 Å². The van der Waals surface area contributed by atoms with Gasteiger partial charge in [0.15, 0.2) is 24.3 Å². The fraction of sp³-hybridized carbons (Fsp3) is 0.357. The number of carbonyl (C=O) groups excluding carboxylic acids is 3. The Morgan fingerprint density at radius 3 is 2.57 bits per heavy atom. The molecular weight excluding hydrogens is 616 g/mol. The molecule has 0 aromatic heterocycles. The number of esters is 2. The summed E-state index contributed by atoms with van der Waals surface area (Å²) in [7, 11) is 1.26. The van der Waals surface area contributed by atoms with Crippen LogP contribution in [0.25, 0.3) is 0 Å². The van der Waals surface area contributed by atoms with Gasteiger partial charge in [-0.1, -0.05) is 22.0 Å². The number of hydrogen-bond donors (Lipinski definition) is 4. The number of benzene rings is 2. The number of methoxy groups -OCH3 is 1. The highest BCUT2D eigenvalue weighted by Crippen LogP contribution is 2.35. The first-order chi connectivity index (χ1) is 20.2. The van der Waals surface area contributed by atoms with Gasteiger partial charge in [-0.25, -0.2) is 14.4 Å². The SMILES string of the molecule is CCOC(=O)COc1ccc(Br)cc1/C=N/N[C@@H](O)COc1ccc([C@H]2NC(=O)NC(C)=C2C(=O)OC)cc1OCC. The van der Waals surface area contributed by atoms with Gasteiger partial charge in [0.05, 0.1) is 38.2 Å². The van der Waals surface area contributed by atoms with Gasteiger partial charge in [0.2, 0.25) is 0 Å². The maximum atomic E-state index is 12.4. The fourth-order valence-corrected chi connectivity index (χ4v) is 4.28. The van der Waals surface area contributed by atoms with E-state index in [2.05, 4.69) is 37.1 Å². The molecule has 2 atom stereocenters. The minimum Gasteiger partial charge on any atom is -0.490 e. The highest BCUT2D eigenvalue weighted by molar-refractivity contribution is 9.10. The van der Waals surface area contributed by atoms with Crippen molar-refractivity contribution in [1.82, 2.24) is 16.1 Å².